The van der Waals surface area contributed by atoms with Crippen molar-refractivity contribution in [3.05, 3.63) is 53.8 Å². The summed E-state index contributed by atoms with van der Waals surface area (Å²) in [4.78, 5) is 10.7. The van der Waals surface area contributed by atoms with Crippen molar-refractivity contribution in [2.45, 2.75) is 0 Å². The van der Waals surface area contributed by atoms with Crippen LogP contribution in [0.25, 0.3) is 22.2 Å². The number of methoxy groups -OCH3 is 2. The maximum atomic E-state index is 5.99. The Labute approximate surface area is 202 Å². The molecule has 0 spiro atoms. The lowest BCUT2D eigenvalue weighted by Crippen LogP contribution is -2.12. The van der Waals surface area contributed by atoms with Gasteiger partial charge in [0.05, 0.1) is 18.7 Å². The maximum absolute atomic E-state index is 5.99. The van der Waals surface area contributed by atoms with Gasteiger partial charge in [-0.1, -0.05) is 28.9 Å². The van der Waals surface area contributed by atoms with Crippen molar-refractivity contribution in [3.8, 4) is 22.8 Å². The highest BCUT2D eigenvalue weighted by Crippen LogP contribution is 2.37. The van der Waals surface area contributed by atoms with Gasteiger partial charge in [0.1, 0.15) is 31.1 Å². The van der Waals surface area contributed by atoms with Crippen molar-refractivity contribution >= 4 is 34.2 Å². The van der Waals surface area contributed by atoms with E-state index in [9.17, 15) is 0 Å². The third kappa shape index (κ3) is 5.39. The van der Waals surface area contributed by atoms with Gasteiger partial charge in [-0.3, -0.25) is 4.90 Å². The Morgan fingerprint density at radius 2 is 1.56 bits per heavy atom. The summed E-state index contributed by atoms with van der Waals surface area (Å²) in [5.41, 5.74) is 2.28. The Hall–Kier alpha value is -3.40. The molecule has 0 saturated heterocycles. The molecule has 0 unspecified atom stereocenters. The van der Waals surface area contributed by atoms with Crippen LogP contribution < -0.4 is 14.4 Å². The number of anilines is 2. The molecule has 0 amide bonds. The first kappa shape index (κ1) is 23.7. The number of benzene rings is 2. The predicted molar refractivity (Wildman–Crippen MR) is 129 cm³/mol. The molecule has 2 heterocycles. The number of ether oxygens (including phenoxy) is 4. The monoisotopic (exact) mass is 484 g/mol. The average molecular weight is 485 g/mol. The van der Waals surface area contributed by atoms with Gasteiger partial charge in [0.2, 0.25) is 5.88 Å². The molecule has 0 aliphatic rings. The SMILES string of the molecule is COCCOc1cc2ncnc(N(C)c3cc(-c4ccc(Cl)cc4)no3)c2cc1OCCOC. The largest absolute Gasteiger partial charge is 0.487 e. The van der Waals surface area contributed by atoms with Gasteiger partial charge >= 0.3 is 0 Å². The summed E-state index contributed by atoms with van der Waals surface area (Å²) in [6.07, 6.45) is 1.50. The minimum Gasteiger partial charge on any atom is -0.487 e. The zero-order chi connectivity index (χ0) is 23.9. The van der Waals surface area contributed by atoms with Gasteiger partial charge < -0.3 is 23.5 Å². The Kier molecular flexibility index (Phi) is 7.79. The van der Waals surface area contributed by atoms with Crippen LogP contribution in [0.3, 0.4) is 0 Å². The Morgan fingerprint density at radius 3 is 2.24 bits per heavy atom. The molecule has 4 aromatic rings. The molecule has 0 bridgehead atoms. The molecule has 0 radical (unpaired) electrons. The van der Waals surface area contributed by atoms with Crippen molar-refractivity contribution in [1.29, 1.82) is 0 Å². The molecular formula is C24H25ClN4O5. The van der Waals surface area contributed by atoms with Crippen LogP contribution in [0.1, 0.15) is 0 Å². The standard InChI is InChI=1S/C24H25ClN4O5/c1-29(23-14-19(28-34-23)16-4-6-17(25)7-5-16)24-18-12-21(32-10-8-30-2)22(33-11-9-31-3)13-20(18)26-15-27-24/h4-7,12-15H,8-11H2,1-3H3. The minimum atomic E-state index is 0.369. The van der Waals surface area contributed by atoms with Crippen LogP contribution in [0, 0.1) is 0 Å². The molecule has 0 aliphatic heterocycles. The lowest BCUT2D eigenvalue weighted by atomic mass is 10.1. The van der Waals surface area contributed by atoms with Gasteiger partial charge in [-0.25, -0.2) is 9.97 Å². The zero-order valence-electron chi connectivity index (χ0n) is 19.2. The van der Waals surface area contributed by atoms with E-state index < -0.39 is 0 Å². The molecule has 34 heavy (non-hydrogen) atoms. The first-order chi connectivity index (χ1) is 16.6. The Morgan fingerprint density at radius 1 is 0.882 bits per heavy atom. The van der Waals surface area contributed by atoms with E-state index in [2.05, 4.69) is 15.1 Å². The lowest BCUT2D eigenvalue weighted by Gasteiger charge is -2.18. The number of fused-ring (bicyclic) bond motifs is 1. The van der Waals surface area contributed by atoms with Gasteiger partial charge in [0.25, 0.3) is 0 Å². The molecule has 0 fully saturated rings. The van der Waals surface area contributed by atoms with E-state index in [0.29, 0.717) is 65.9 Å². The Balaban J connectivity index is 1.67. The lowest BCUT2D eigenvalue weighted by molar-refractivity contribution is 0.132. The predicted octanol–water partition coefficient (Wildman–Crippen LogP) is 4.76. The highest BCUT2D eigenvalue weighted by atomic mass is 35.5. The summed E-state index contributed by atoms with van der Waals surface area (Å²) in [5, 5.41) is 5.62. The van der Waals surface area contributed by atoms with E-state index >= 15 is 0 Å². The first-order valence-electron chi connectivity index (χ1n) is 10.6. The van der Waals surface area contributed by atoms with E-state index in [1.165, 1.54) is 6.33 Å². The third-order valence-electron chi connectivity index (χ3n) is 5.06. The fraction of sp³-hybridized carbons (Fsp3) is 0.292. The second kappa shape index (κ2) is 11.1. The normalized spacial score (nSPS) is 11.1. The smallest absolute Gasteiger partial charge is 0.233 e. The summed E-state index contributed by atoms with van der Waals surface area (Å²) in [5.74, 6) is 2.28. The van der Waals surface area contributed by atoms with Crippen molar-refractivity contribution in [2.24, 2.45) is 0 Å². The zero-order valence-corrected chi connectivity index (χ0v) is 19.9. The van der Waals surface area contributed by atoms with Crippen LogP contribution in [-0.2, 0) is 9.47 Å². The van der Waals surface area contributed by atoms with Crippen LogP contribution >= 0.6 is 11.6 Å². The summed E-state index contributed by atoms with van der Waals surface area (Å²) < 4.78 is 27.6. The van der Waals surface area contributed by atoms with E-state index in [0.717, 1.165) is 10.9 Å². The quantitative estimate of drug-likeness (QED) is 0.279. The molecule has 0 N–H and O–H groups in total. The van der Waals surface area contributed by atoms with Crippen LogP contribution in [0.15, 0.2) is 53.3 Å². The molecular weight excluding hydrogens is 460 g/mol. The number of aromatic nitrogens is 3. The summed E-state index contributed by atoms with van der Waals surface area (Å²) in [7, 11) is 5.09. The second-order valence-corrected chi connectivity index (χ2v) is 7.75. The molecule has 178 valence electrons. The van der Waals surface area contributed by atoms with E-state index in [-0.39, 0.29) is 0 Å². The summed E-state index contributed by atoms with van der Waals surface area (Å²) in [6.45, 7) is 1.65. The Bertz CT molecular complexity index is 1230. The maximum Gasteiger partial charge on any atom is 0.233 e. The average Bonchev–Trinajstić information content (AvgIpc) is 3.34. The molecule has 0 saturated carbocycles. The van der Waals surface area contributed by atoms with Crippen molar-refractivity contribution in [3.63, 3.8) is 0 Å². The van der Waals surface area contributed by atoms with Gasteiger partial charge in [0.15, 0.2) is 11.5 Å². The molecule has 10 heteroatoms. The van der Waals surface area contributed by atoms with Crippen LogP contribution in [0.2, 0.25) is 5.02 Å². The second-order valence-electron chi connectivity index (χ2n) is 7.31. The van der Waals surface area contributed by atoms with Crippen molar-refractivity contribution < 1.29 is 23.5 Å². The highest BCUT2D eigenvalue weighted by Gasteiger charge is 2.18. The van der Waals surface area contributed by atoms with E-state index in [1.54, 1.807) is 19.1 Å². The van der Waals surface area contributed by atoms with Crippen molar-refractivity contribution in [1.82, 2.24) is 15.1 Å². The minimum absolute atomic E-state index is 0.369. The third-order valence-corrected chi connectivity index (χ3v) is 5.31. The molecule has 0 atom stereocenters. The molecule has 2 aromatic carbocycles. The van der Waals surface area contributed by atoms with Crippen molar-refractivity contribution in [2.75, 3.05) is 52.6 Å². The molecule has 0 aliphatic carbocycles. The fourth-order valence-electron chi connectivity index (χ4n) is 3.30. The first-order valence-corrected chi connectivity index (χ1v) is 11.0. The van der Waals surface area contributed by atoms with Gasteiger partial charge in [-0.05, 0) is 18.2 Å². The van der Waals surface area contributed by atoms with Crippen LogP contribution in [0.5, 0.6) is 11.5 Å². The van der Waals surface area contributed by atoms with Gasteiger partial charge in [-0.15, -0.1) is 0 Å². The van der Waals surface area contributed by atoms with Gasteiger partial charge in [-0.2, -0.15) is 0 Å². The van der Waals surface area contributed by atoms with Crippen LogP contribution in [-0.4, -0.2) is 62.8 Å². The molecule has 2 aromatic heterocycles. The van der Waals surface area contributed by atoms with Gasteiger partial charge in [0, 0.05) is 49.4 Å². The highest BCUT2D eigenvalue weighted by molar-refractivity contribution is 6.30. The molecule has 4 rings (SSSR count). The summed E-state index contributed by atoms with van der Waals surface area (Å²) in [6, 6.07) is 12.9. The van der Waals surface area contributed by atoms with E-state index in [4.69, 9.17) is 35.1 Å². The van der Waals surface area contributed by atoms with Crippen LogP contribution in [0.4, 0.5) is 11.7 Å². The molecule has 9 nitrogen and oxygen atoms in total. The topological polar surface area (TPSA) is 92.0 Å². The van der Waals surface area contributed by atoms with E-state index in [1.807, 2.05) is 49.5 Å². The number of rotatable bonds is 11. The number of hydrogen-bond donors (Lipinski definition) is 0. The number of halogens is 1. The number of nitrogens with zero attached hydrogens (tertiary/aromatic N) is 4. The number of hydrogen-bond acceptors (Lipinski definition) is 9. The summed E-state index contributed by atoms with van der Waals surface area (Å²) >= 11 is 5.99. The fourth-order valence-corrected chi connectivity index (χ4v) is 3.42.